The average molecular weight is 587 g/mol. The van der Waals surface area contributed by atoms with Crippen LogP contribution in [-0.2, 0) is 16.0 Å². The van der Waals surface area contributed by atoms with Crippen molar-refractivity contribution in [3.63, 3.8) is 0 Å². The van der Waals surface area contributed by atoms with Crippen molar-refractivity contribution in [3.8, 4) is 23.0 Å². The normalized spacial score (nSPS) is 13.5. The summed E-state index contributed by atoms with van der Waals surface area (Å²) in [5, 5.41) is 3.97. The first kappa shape index (κ1) is 29.8. The molecule has 0 saturated carbocycles. The third-order valence-electron chi connectivity index (χ3n) is 7.69. The van der Waals surface area contributed by atoms with Crippen molar-refractivity contribution in [3.05, 3.63) is 83.8 Å². The molecule has 224 valence electrons. The van der Waals surface area contributed by atoms with E-state index >= 15 is 4.39 Å². The molecule has 1 fully saturated rings. The molecule has 1 aromatic heterocycles. The highest BCUT2D eigenvalue weighted by atomic mass is 19.1. The van der Waals surface area contributed by atoms with Gasteiger partial charge in [0.2, 0.25) is 0 Å². The molecule has 0 radical (unpaired) electrons. The second-order valence-corrected chi connectivity index (χ2v) is 10.5. The molecule has 2 heterocycles. The zero-order valence-corrected chi connectivity index (χ0v) is 24.3. The monoisotopic (exact) mass is 586 g/mol. The number of aryl methyl sites for hydroxylation is 1. The second kappa shape index (κ2) is 13.5. The number of piperidine rings is 1. The molecule has 0 spiro atoms. The molecular weight excluding hydrogens is 551 g/mol. The van der Waals surface area contributed by atoms with Crippen molar-refractivity contribution in [2.24, 2.45) is 11.7 Å². The van der Waals surface area contributed by atoms with E-state index < -0.39 is 17.6 Å². The summed E-state index contributed by atoms with van der Waals surface area (Å²) in [7, 11) is 1.56. The number of hydrogen-bond donors (Lipinski definition) is 2. The van der Waals surface area contributed by atoms with E-state index in [1.807, 2.05) is 31.2 Å². The maximum Gasteiger partial charge on any atom is 0.316 e. The van der Waals surface area contributed by atoms with Crippen LogP contribution in [0.5, 0.6) is 23.0 Å². The van der Waals surface area contributed by atoms with Crippen LogP contribution in [0.2, 0.25) is 0 Å². The molecule has 1 aliphatic heterocycles. The number of nitrogens with one attached hydrogen (secondary N) is 1. The van der Waals surface area contributed by atoms with Gasteiger partial charge in [-0.3, -0.25) is 14.6 Å². The number of nitrogens with zero attached hydrogens (tertiary/aromatic N) is 2. The van der Waals surface area contributed by atoms with Crippen LogP contribution in [0.25, 0.3) is 10.9 Å². The lowest BCUT2D eigenvalue weighted by molar-refractivity contribution is -0.135. The number of benzene rings is 3. The van der Waals surface area contributed by atoms with Crippen LogP contribution in [0.1, 0.15) is 24.0 Å². The van der Waals surface area contributed by atoms with E-state index in [0.29, 0.717) is 47.1 Å². The Morgan fingerprint density at radius 1 is 1.02 bits per heavy atom. The van der Waals surface area contributed by atoms with E-state index in [9.17, 15) is 9.59 Å². The summed E-state index contributed by atoms with van der Waals surface area (Å²) in [6, 6.07) is 17.0. The zero-order chi connectivity index (χ0) is 30.3. The van der Waals surface area contributed by atoms with Crippen LogP contribution in [0, 0.1) is 18.7 Å². The van der Waals surface area contributed by atoms with E-state index in [1.54, 1.807) is 31.5 Å². The lowest BCUT2D eigenvalue weighted by Crippen LogP contribution is -2.41. The summed E-state index contributed by atoms with van der Waals surface area (Å²) < 4.78 is 33.1. The smallest absolute Gasteiger partial charge is 0.316 e. The van der Waals surface area contributed by atoms with Crippen LogP contribution in [0.4, 0.5) is 10.1 Å². The number of anilines is 1. The number of fused-ring (bicyclic) bond motifs is 1. The number of primary amides is 1. The third-order valence-corrected chi connectivity index (χ3v) is 7.69. The van der Waals surface area contributed by atoms with Crippen molar-refractivity contribution in [1.29, 1.82) is 0 Å². The molecule has 4 aromatic rings. The van der Waals surface area contributed by atoms with E-state index in [4.69, 9.17) is 19.9 Å². The maximum absolute atomic E-state index is 15.4. The van der Waals surface area contributed by atoms with Gasteiger partial charge in [-0.2, -0.15) is 0 Å². The van der Waals surface area contributed by atoms with Crippen LogP contribution in [-0.4, -0.2) is 50.1 Å². The van der Waals surface area contributed by atoms with Gasteiger partial charge in [-0.25, -0.2) is 4.39 Å². The molecule has 0 aliphatic carbocycles. The fourth-order valence-electron chi connectivity index (χ4n) is 5.21. The van der Waals surface area contributed by atoms with Gasteiger partial charge in [0, 0.05) is 35.9 Å². The number of carbonyl (C=O) groups is 2. The van der Waals surface area contributed by atoms with Crippen LogP contribution >= 0.6 is 0 Å². The van der Waals surface area contributed by atoms with Gasteiger partial charge in [-0.05, 0) is 80.6 Å². The Kier molecular flexibility index (Phi) is 9.36. The molecule has 10 heteroatoms. The van der Waals surface area contributed by atoms with Crippen LogP contribution < -0.4 is 30.2 Å². The van der Waals surface area contributed by atoms with Gasteiger partial charge in [0.15, 0.2) is 23.1 Å². The number of ether oxygens (including phenoxy) is 3. The van der Waals surface area contributed by atoms with Crippen molar-refractivity contribution >= 4 is 28.4 Å². The van der Waals surface area contributed by atoms with Crippen LogP contribution in [0.3, 0.4) is 0 Å². The van der Waals surface area contributed by atoms with Gasteiger partial charge in [-0.1, -0.05) is 24.3 Å². The minimum absolute atomic E-state index is 0.0631. The van der Waals surface area contributed by atoms with Crippen molar-refractivity contribution in [2.45, 2.75) is 26.2 Å². The van der Waals surface area contributed by atoms with E-state index in [-0.39, 0.29) is 18.0 Å². The molecule has 1 saturated heterocycles. The number of methoxy groups -OCH3 is 1. The van der Waals surface area contributed by atoms with Crippen molar-refractivity contribution in [1.82, 2.24) is 10.3 Å². The summed E-state index contributed by atoms with van der Waals surface area (Å²) >= 11 is 0. The number of halogens is 1. The minimum atomic E-state index is -1.12. The SMILES string of the molecule is COc1cc2c(Oc3ccc(N(CCc4ccccc4C)C(=O)C(N)=O)cc3F)ccnc2cc1OCC1CCNCC1. The molecule has 43 heavy (non-hydrogen) atoms. The molecule has 9 nitrogen and oxygen atoms in total. The number of hydrogen-bond acceptors (Lipinski definition) is 7. The number of pyridine rings is 1. The highest BCUT2D eigenvalue weighted by Crippen LogP contribution is 2.38. The summed E-state index contributed by atoms with van der Waals surface area (Å²) in [5.41, 5.74) is 8.16. The molecule has 3 N–H and O–H groups in total. The van der Waals surface area contributed by atoms with Gasteiger partial charge < -0.3 is 30.2 Å². The number of amides is 2. The van der Waals surface area contributed by atoms with Gasteiger partial charge in [0.05, 0.1) is 19.2 Å². The van der Waals surface area contributed by atoms with Crippen molar-refractivity contribution in [2.75, 3.05) is 38.3 Å². The topological polar surface area (TPSA) is 116 Å². The number of rotatable bonds is 10. The quantitative estimate of drug-likeness (QED) is 0.253. The molecular formula is C33H35FN4O5. The van der Waals surface area contributed by atoms with Gasteiger partial charge in [0.25, 0.3) is 0 Å². The Bertz CT molecular complexity index is 1620. The molecule has 0 bridgehead atoms. The highest BCUT2D eigenvalue weighted by molar-refractivity contribution is 6.39. The number of carbonyl (C=O) groups excluding carboxylic acids is 2. The summed E-state index contributed by atoms with van der Waals surface area (Å²) in [6.07, 6.45) is 4.14. The predicted molar refractivity (Wildman–Crippen MR) is 162 cm³/mol. The summed E-state index contributed by atoms with van der Waals surface area (Å²) in [6.45, 7) is 4.65. The fourth-order valence-corrected chi connectivity index (χ4v) is 5.21. The Morgan fingerprint density at radius 3 is 2.53 bits per heavy atom. The number of nitrogens with two attached hydrogens (primary N) is 1. The first-order valence-electron chi connectivity index (χ1n) is 14.3. The number of aromatic nitrogens is 1. The third kappa shape index (κ3) is 7.03. The van der Waals surface area contributed by atoms with E-state index in [1.165, 1.54) is 17.0 Å². The zero-order valence-electron chi connectivity index (χ0n) is 24.3. The van der Waals surface area contributed by atoms with Gasteiger partial charge in [-0.15, -0.1) is 0 Å². The Morgan fingerprint density at radius 2 is 1.81 bits per heavy atom. The van der Waals surface area contributed by atoms with Crippen molar-refractivity contribution < 1.29 is 28.2 Å². The Balaban J connectivity index is 1.37. The minimum Gasteiger partial charge on any atom is -0.493 e. The lowest BCUT2D eigenvalue weighted by atomic mass is 9.99. The van der Waals surface area contributed by atoms with E-state index in [0.717, 1.165) is 43.1 Å². The summed E-state index contributed by atoms with van der Waals surface area (Å²) in [4.78, 5) is 30.1. The first-order valence-corrected chi connectivity index (χ1v) is 14.3. The largest absolute Gasteiger partial charge is 0.493 e. The molecule has 5 rings (SSSR count). The van der Waals surface area contributed by atoms with Gasteiger partial charge in [0.1, 0.15) is 5.75 Å². The summed E-state index contributed by atoms with van der Waals surface area (Å²) in [5.74, 6) is -0.894. The molecule has 0 atom stereocenters. The maximum atomic E-state index is 15.4. The fraction of sp³-hybridized carbons (Fsp3) is 0.303. The Labute approximate surface area is 249 Å². The average Bonchev–Trinajstić information content (AvgIpc) is 3.02. The lowest BCUT2D eigenvalue weighted by Gasteiger charge is -2.23. The van der Waals surface area contributed by atoms with E-state index in [2.05, 4.69) is 10.3 Å². The van der Waals surface area contributed by atoms with Crippen LogP contribution in [0.15, 0.2) is 66.9 Å². The molecule has 2 amide bonds. The first-order chi connectivity index (χ1) is 20.8. The van der Waals surface area contributed by atoms with Gasteiger partial charge >= 0.3 is 11.8 Å². The predicted octanol–water partition coefficient (Wildman–Crippen LogP) is 4.92. The standard InChI is InChI=1S/C33H35FN4O5/c1-21-5-3-4-6-23(21)12-16-38(33(40)32(35)39)24-7-8-29(26(34)17-24)43-28-11-15-37-27-19-31(30(41-2)18-25(27)28)42-20-22-9-13-36-14-10-22/h3-8,11,15,17-19,22,36H,9-10,12-14,16,20H2,1-2H3,(H2,35,39). The highest BCUT2D eigenvalue weighted by Gasteiger charge is 2.23. The molecule has 1 aliphatic rings. The second-order valence-electron chi connectivity index (χ2n) is 10.5. The molecule has 3 aromatic carbocycles. The Hall–Kier alpha value is -4.70. The molecule has 0 unspecified atom stereocenters.